The first-order valence-electron chi connectivity index (χ1n) is 8.42. The summed E-state index contributed by atoms with van der Waals surface area (Å²) in [6, 6.07) is -0.320. The van der Waals surface area contributed by atoms with Crippen LogP contribution in [0.4, 0.5) is 13.2 Å². The van der Waals surface area contributed by atoms with E-state index in [0.29, 0.717) is 0 Å². The minimum atomic E-state index is -4.64. The number of halogens is 3. The fraction of sp³-hybridized carbons (Fsp3) is 0.438. The third kappa shape index (κ3) is 4.27. The first-order valence-corrected chi connectivity index (χ1v) is 9.47. The van der Waals surface area contributed by atoms with Crippen molar-refractivity contribution in [2.45, 2.75) is 31.1 Å². The Morgan fingerprint density at radius 1 is 1.40 bits per heavy atom. The second kappa shape index (κ2) is 8.01. The second-order valence-corrected chi connectivity index (χ2v) is 7.49. The highest BCUT2D eigenvalue weighted by Gasteiger charge is 2.54. The van der Waals surface area contributed by atoms with Gasteiger partial charge in [-0.3, -0.25) is 24.0 Å². The number of alkyl halides is 3. The van der Waals surface area contributed by atoms with Gasteiger partial charge in [-0.25, -0.2) is 4.79 Å². The Hall–Kier alpha value is -3.03. The molecule has 1 fully saturated rings. The number of carboxylic acid groups (broad SMARTS) is 1. The molecule has 162 valence electrons. The van der Waals surface area contributed by atoms with Gasteiger partial charge in [0.1, 0.15) is 30.3 Å². The molecular weight excluding hydrogens is 433 g/mol. The van der Waals surface area contributed by atoms with E-state index in [1.807, 2.05) is 0 Å². The molecule has 0 aromatic carbocycles. The zero-order valence-corrected chi connectivity index (χ0v) is 16.1. The average molecular weight is 448 g/mol. The van der Waals surface area contributed by atoms with Crippen LogP contribution in [0.5, 0.6) is 0 Å². The Kier molecular flexibility index (Phi) is 5.78. The van der Waals surface area contributed by atoms with E-state index in [2.05, 4.69) is 10.4 Å². The first-order chi connectivity index (χ1) is 14.0. The lowest BCUT2D eigenvalue weighted by Gasteiger charge is -2.49. The summed E-state index contributed by atoms with van der Waals surface area (Å²) in [4.78, 5) is 48.1. The molecule has 0 aliphatic carbocycles. The molecule has 2 aliphatic rings. The number of hydrogen-bond acceptors (Lipinski definition) is 7. The number of carboxylic acids is 1. The smallest absolute Gasteiger partial charge is 0.435 e. The van der Waals surface area contributed by atoms with E-state index in [1.165, 1.54) is 11.8 Å². The van der Waals surface area contributed by atoms with Gasteiger partial charge in [-0.05, 0) is 6.07 Å². The summed E-state index contributed by atoms with van der Waals surface area (Å²) in [6.45, 7) is 0.340. The van der Waals surface area contributed by atoms with Gasteiger partial charge in [-0.1, -0.05) is 0 Å². The number of amides is 2. The highest BCUT2D eigenvalue weighted by atomic mass is 32.2. The third-order valence-corrected chi connectivity index (χ3v) is 5.59. The molecule has 0 saturated carbocycles. The number of aromatic nitrogens is 2. The van der Waals surface area contributed by atoms with Gasteiger partial charge in [0.2, 0.25) is 5.91 Å². The fourth-order valence-electron chi connectivity index (χ4n) is 2.95. The van der Waals surface area contributed by atoms with Gasteiger partial charge < -0.3 is 15.2 Å². The van der Waals surface area contributed by atoms with Gasteiger partial charge in [-0.15, -0.1) is 11.8 Å². The number of carbonyl (C=O) groups is 4. The number of β-lactam (4-membered cyclic amide) rings is 1. The maximum atomic E-state index is 12.6. The predicted molar refractivity (Wildman–Crippen MR) is 93.5 cm³/mol. The zero-order chi connectivity index (χ0) is 22.2. The Morgan fingerprint density at radius 2 is 2.10 bits per heavy atom. The number of thioether (sulfide) groups is 1. The number of aliphatic carboxylic acids is 1. The van der Waals surface area contributed by atoms with Crippen LogP contribution in [0.25, 0.3) is 0 Å². The molecule has 2 aliphatic heterocycles. The molecule has 0 radical (unpaired) electrons. The SMILES string of the molecule is CC(=O)OCC1=C(C(=O)O)N2C(=O)C(NC(=O)Cn3ccc(C(F)(F)F)n3)C2SC1. The average Bonchev–Trinajstić information content (AvgIpc) is 3.12. The standard InChI is InChI=1S/C16H15F3N4O6S/c1-7(24)29-5-8-6-30-14-11(13(26)23(14)12(8)15(27)28)20-10(25)4-22-3-2-9(21-22)16(17,18)19/h2-3,11,14H,4-6H2,1H3,(H,20,25)(H,27,28). The Labute approximate surface area is 171 Å². The van der Waals surface area contributed by atoms with Gasteiger partial charge in [0.25, 0.3) is 5.91 Å². The second-order valence-electron chi connectivity index (χ2n) is 6.39. The number of nitrogens with zero attached hydrogens (tertiary/aromatic N) is 3. The van der Waals surface area contributed by atoms with E-state index in [9.17, 15) is 37.5 Å². The van der Waals surface area contributed by atoms with Gasteiger partial charge in [0, 0.05) is 24.4 Å². The van der Waals surface area contributed by atoms with E-state index in [4.69, 9.17) is 4.74 Å². The fourth-order valence-corrected chi connectivity index (χ4v) is 4.28. The number of fused-ring (bicyclic) bond motifs is 1. The van der Waals surface area contributed by atoms with E-state index < -0.39 is 53.6 Å². The van der Waals surface area contributed by atoms with Gasteiger partial charge in [0.05, 0.1) is 0 Å². The number of hydrogen-bond donors (Lipinski definition) is 2. The molecule has 1 saturated heterocycles. The summed E-state index contributed by atoms with van der Waals surface area (Å²) >= 11 is 1.17. The van der Waals surface area contributed by atoms with Crippen molar-refractivity contribution in [1.82, 2.24) is 20.0 Å². The largest absolute Gasteiger partial charge is 0.477 e. The van der Waals surface area contributed by atoms with Crippen LogP contribution in [0.2, 0.25) is 0 Å². The van der Waals surface area contributed by atoms with Crippen molar-refractivity contribution in [2.75, 3.05) is 12.4 Å². The predicted octanol–water partition coefficient (Wildman–Crippen LogP) is 0.204. The molecule has 1 aromatic rings. The minimum Gasteiger partial charge on any atom is -0.477 e. The maximum absolute atomic E-state index is 12.6. The van der Waals surface area contributed by atoms with E-state index >= 15 is 0 Å². The quantitative estimate of drug-likeness (QED) is 0.466. The van der Waals surface area contributed by atoms with Crippen molar-refractivity contribution in [2.24, 2.45) is 0 Å². The van der Waals surface area contributed by atoms with Crippen LogP contribution in [0.3, 0.4) is 0 Å². The number of nitrogens with one attached hydrogen (secondary N) is 1. The molecule has 30 heavy (non-hydrogen) atoms. The Morgan fingerprint density at radius 3 is 2.67 bits per heavy atom. The molecule has 0 bridgehead atoms. The maximum Gasteiger partial charge on any atom is 0.435 e. The molecule has 2 unspecified atom stereocenters. The highest BCUT2D eigenvalue weighted by molar-refractivity contribution is 8.00. The number of ether oxygens (including phenoxy) is 1. The van der Waals surface area contributed by atoms with Crippen LogP contribution in [0.15, 0.2) is 23.5 Å². The Bertz CT molecular complexity index is 944. The molecule has 3 heterocycles. The molecule has 2 atom stereocenters. The lowest BCUT2D eigenvalue weighted by Crippen LogP contribution is -2.70. The number of carbonyl (C=O) groups excluding carboxylic acids is 3. The van der Waals surface area contributed by atoms with E-state index in [-0.39, 0.29) is 23.6 Å². The molecule has 14 heteroatoms. The first kappa shape index (κ1) is 21.7. The van der Waals surface area contributed by atoms with Crippen molar-refractivity contribution in [3.05, 3.63) is 29.2 Å². The van der Waals surface area contributed by atoms with Crippen LogP contribution in [0, 0.1) is 0 Å². The molecule has 0 spiro atoms. The summed E-state index contributed by atoms with van der Waals surface area (Å²) < 4.78 is 43.3. The van der Waals surface area contributed by atoms with Crippen LogP contribution >= 0.6 is 11.8 Å². The number of esters is 1. The van der Waals surface area contributed by atoms with Crippen molar-refractivity contribution in [3.8, 4) is 0 Å². The third-order valence-electron chi connectivity index (χ3n) is 4.25. The highest BCUT2D eigenvalue weighted by Crippen LogP contribution is 2.40. The molecule has 2 N–H and O–H groups in total. The summed E-state index contributed by atoms with van der Waals surface area (Å²) in [5.74, 6) is -3.26. The lowest BCUT2D eigenvalue weighted by atomic mass is 10.0. The summed E-state index contributed by atoms with van der Waals surface area (Å²) in [5, 5.41) is 14.4. The van der Waals surface area contributed by atoms with Crippen molar-refractivity contribution in [1.29, 1.82) is 0 Å². The van der Waals surface area contributed by atoms with Crippen LogP contribution < -0.4 is 5.32 Å². The van der Waals surface area contributed by atoms with Gasteiger partial charge >= 0.3 is 18.1 Å². The molecule has 10 nitrogen and oxygen atoms in total. The molecular formula is C16H15F3N4O6S. The minimum absolute atomic E-state index is 0.157. The van der Waals surface area contributed by atoms with Gasteiger partial charge in [-0.2, -0.15) is 18.3 Å². The van der Waals surface area contributed by atoms with Crippen molar-refractivity contribution in [3.63, 3.8) is 0 Å². The zero-order valence-electron chi connectivity index (χ0n) is 15.3. The van der Waals surface area contributed by atoms with E-state index in [1.54, 1.807) is 0 Å². The van der Waals surface area contributed by atoms with Gasteiger partial charge in [0.15, 0.2) is 5.69 Å². The molecule has 3 rings (SSSR count). The monoisotopic (exact) mass is 448 g/mol. The molecule has 2 amide bonds. The summed E-state index contributed by atoms with van der Waals surface area (Å²) in [7, 11) is 0. The van der Waals surface area contributed by atoms with E-state index in [0.717, 1.165) is 28.8 Å². The van der Waals surface area contributed by atoms with Crippen molar-refractivity contribution >= 4 is 35.5 Å². The molecule has 1 aromatic heterocycles. The summed E-state index contributed by atoms with van der Waals surface area (Å²) in [5.41, 5.74) is -1.22. The number of rotatable bonds is 6. The van der Waals surface area contributed by atoms with Crippen LogP contribution in [-0.4, -0.2) is 67.3 Å². The van der Waals surface area contributed by atoms with Crippen LogP contribution in [-0.2, 0) is 36.6 Å². The summed E-state index contributed by atoms with van der Waals surface area (Å²) in [6.07, 6.45) is -3.66. The topological polar surface area (TPSA) is 131 Å². The van der Waals surface area contributed by atoms with Crippen molar-refractivity contribution < 1.29 is 42.2 Å². The van der Waals surface area contributed by atoms with Crippen LogP contribution in [0.1, 0.15) is 12.6 Å². The lowest BCUT2D eigenvalue weighted by molar-refractivity contribution is -0.151. The Balaban J connectivity index is 1.66. The normalized spacial score (nSPS) is 21.1.